The van der Waals surface area contributed by atoms with Crippen molar-refractivity contribution < 1.29 is 5.11 Å². The van der Waals surface area contributed by atoms with Gasteiger partial charge in [-0.05, 0) is 23.5 Å². The van der Waals surface area contributed by atoms with Gasteiger partial charge in [0.1, 0.15) is 12.1 Å². The van der Waals surface area contributed by atoms with E-state index in [1.165, 1.54) is 17.7 Å². The Morgan fingerprint density at radius 2 is 2.18 bits per heavy atom. The lowest BCUT2D eigenvalue weighted by Gasteiger charge is -2.31. The summed E-state index contributed by atoms with van der Waals surface area (Å²) >= 11 is 1.35. The van der Waals surface area contributed by atoms with E-state index >= 15 is 0 Å². The topological polar surface area (TPSA) is 72.0 Å². The monoisotopic (exact) mass is 247 g/mol. The number of nitrogens with two attached hydrogens (primary N) is 1. The number of aromatic hydroxyl groups is 1. The molecule has 0 spiro atoms. The first kappa shape index (κ1) is 10.5. The normalized spacial score (nSPS) is 16.4. The number of nitrogen functional groups attached to an aromatic ring is 1. The van der Waals surface area contributed by atoms with Crippen molar-refractivity contribution in [2.24, 2.45) is 0 Å². The van der Waals surface area contributed by atoms with E-state index in [1.54, 1.807) is 0 Å². The molecule has 0 saturated heterocycles. The van der Waals surface area contributed by atoms with Gasteiger partial charge in [-0.1, -0.05) is 25.2 Å². The van der Waals surface area contributed by atoms with Crippen LogP contribution in [0.5, 0.6) is 5.06 Å². The zero-order chi connectivity index (χ0) is 12.2. The van der Waals surface area contributed by atoms with Crippen molar-refractivity contribution >= 4 is 17.2 Å². The minimum atomic E-state index is -0.0960. The molecule has 3 rings (SSSR count). The third-order valence-corrected chi connectivity index (χ3v) is 4.18. The summed E-state index contributed by atoms with van der Waals surface area (Å²) in [5, 5.41) is 9.96. The molecule has 17 heavy (non-hydrogen) atoms. The molecule has 0 amide bonds. The van der Waals surface area contributed by atoms with Gasteiger partial charge in [-0.25, -0.2) is 9.97 Å². The van der Waals surface area contributed by atoms with Crippen molar-refractivity contribution in [1.29, 1.82) is 0 Å². The average molecular weight is 247 g/mol. The van der Waals surface area contributed by atoms with Crippen LogP contribution in [0.2, 0.25) is 0 Å². The molecule has 2 aromatic rings. The first-order chi connectivity index (χ1) is 7.99. The Bertz CT molecular complexity index is 604. The van der Waals surface area contributed by atoms with E-state index in [9.17, 15) is 5.11 Å². The lowest BCUT2D eigenvalue weighted by molar-refractivity contribution is 0.487. The van der Waals surface area contributed by atoms with E-state index in [2.05, 4.69) is 23.8 Å². The van der Waals surface area contributed by atoms with Crippen LogP contribution >= 0.6 is 11.3 Å². The number of rotatable bonds is 0. The molecule has 0 radical (unpaired) electrons. The van der Waals surface area contributed by atoms with E-state index in [0.29, 0.717) is 10.9 Å². The van der Waals surface area contributed by atoms with Crippen LogP contribution in [0.4, 0.5) is 5.82 Å². The molecule has 0 atom stereocenters. The maximum absolute atomic E-state index is 9.63. The smallest absolute Gasteiger partial charge is 0.171 e. The highest BCUT2D eigenvalue weighted by molar-refractivity contribution is 7.17. The molecule has 0 bridgehead atoms. The predicted octanol–water partition coefficient (Wildman–Crippen LogP) is 2.33. The largest absolute Gasteiger partial charge is 0.499 e. The first-order valence-corrected chi connectivity index (χ1v) is 6.24. The van der Waals surface area contributed by atoms with E-state index in [0.717, 1.165) is 28.1 Å². The van der Waals surface area contributed by atoms with Crippen molar-refractivity contribution in [3.05, 3.63) is 23.5 Å². The maximum Gasteiger partial charge on any atom is 0.171 e. The lowest BCUT2D eigenvalue weighted by Crippen LogP contribution is -2.27. The number of nitrogens with zero attached hydrogens (tertiary/aromatic N) is 2. The van der Waals surface area contributed by atoms with Crippen LogP contribution in [0.3, 0.4) is 0 Å². The summed E-state index contributed by atoms with van der Waals surface area (Å²) in [5.41, 5.74) is 8.88. The van der Waals surface area contributed by atoms with Gasteiger partial charge in [0.05, 0.1) is 10.6 Å². The van der Waals surface area contributed by atoms with Crippen LogP contribution in [0.15, 0.2) is 12.4 Å². The van der Waals surface area contributed by atoms with Gasteiger partial charge in [0.25, 0.3) is 0 Å². The molecule has 0 aliphatic heterocycles. The second-order valence-electron chi connectivity index (χ2n) is 4.98. The number of aromatic nitrogens is 2. The standard InChI is InChI=1S/C12H13N3OS/c1-12(2)4-6-3-7(16)17-10(6)9-8(12)11(13)15-5-14-9/h3,5,16H,4H2,1-2H3,(H2,13,14,15). The van der Waals surface area contributed by atoms with Crippen molar-refractivity contribution in [3.63, 3.8) is 0 Å². The van der Waals surface area contributed by atoms with Gasteiger partial charge < -0.3 is 10.8 Å². The number of hydrogen-bond acceptors (Lipinski definition) is 5. The fourth-order valence-corrected chi connectivity index (χ4v) is 3.47. The number of fused-ring (bicyclic) bond motifs is 3. The molecular formula is C12H13N3OS. The van der Waals surface area contributed by atoms with Crippen LogP contribution in [0.1, 0.15) is 25.0 Å². The Labute approximate surface area is 103 Å². The van der Waals surface area contributed by atoms with Gasteiger partial charge in [0, 0.05) is 5.56 Å². The summed E-state index contributed by atoms with van der Waals surface area (Å²) in [6.07, 6.45) is 2.33. The lowest BCUT2D eigenvalue weighted by atomic mass is 9.74. The quantitative estimate of drug-likeness (QED) is 0.749. The van der Waals surface area contributed by atoms with Crippen molar-refractivity contribution in [2.45, 2.75) is 25.7 Å². The zero-order valence-electron chi connectivity index (χ0n) is 9.69. The molecule has 1 aliphatic carbocycles. The maximum atomic E-state index is 9.63. The highest BCUT2D eigenvalue weighted by Crippen LogP contribution is 2.48. The van der Waals surface area contributed by atoms with Crippen molar-refractivity contribution in [3.8, 4) is 15.6 Å². The summed E-state index contributed by atoms with van der Waals surface area (Å²) < 4.78 is 0. The van der Waals surface area contributed by atoms with Crippen LogP contribution in [0.25, 0.3) is 10.6 Å². The Kier molecular flexibility index (Phi) is 1.98. The summed E-state index contributed by atoms with van der Waals surface area (Å²) in [4.78, 5) is 9.43. The Hall–Kier alpha value is -1.62. The van der Waals surface area contributed by atoms with Gasteiger partial charge in [0.2, 0.25) is 0 Å². The Morgan fingerprint density at radius 3 is 2.94 bits per heavy atom. The first-order valence-electron chi connectivity index (χ1n) is 5.42. The molecule has 5 heteroatoms. The Balaban J connectivity index is 2.36. The second-order valence-corrected chi connectivity index (χ2v) is 6.01. The van der Waals surface area contributed by atoms with Gasteiger partial charge in [0.15, 0.2) is 5.06 Å². The number of anilines is 1. The molecule has 0 aromatic carbocycles. The highest BCUT2D eigenvalue weighted by Gasteiger charge is 2.35. The van der Waals surface area contributed by atoms with E-state index in [1.807, 2.05) is 6.07 Å². The average Bonchev–Trinajstić information content (AvgIpc) is 2.57. The van der Waals surface area contributed by atoms with Crippen LogP contribution < -0.4 is 5.73 Å². The molecule has 88 valence electrons. The molecule has 0 saturated carbocycles. The molecule has 1 aliphatic rings. The van der Waals surface area contributed by atoms with Crippen LogP contribution in [-0.2, 0) is 11.8 Å². The van der Waals surface area contributed by atoms with Gasteiger partial charge >= 0.3 is 0 Å². The molecule has 4 nitrogen and oxygen atoms in total. The SMILES string of the molecule is CC1(C)Cc2cc(O)sc2-c2ncnc(N)c21. The molecule has 2 aromatic heterocycles. The highest BCUT2D eigenvalue weighted by atomic mass is 32.1. The minimum absolute atomic E-state index is 0.0960. The summed E-state index contributed by atoms with van der Waals surface area (Å²) in [7, 11) is 0. The molecule has 0 fully saturated rings. The summed E-state index contributed by atoms with van der Waals surface area (Å²) in [6, 6.07) is 1.82. The van der Waals surface area contributed by atoms with Gasteiger partial charge in [-0.2, -0.15) is 0 Å². The predicted molar refractivity (Wildman–Crippen MR) is 68.2 cm³/mol. The van der Waals surface area contributed by atoms with E-state index < -0.39 is 0 Å². The molecule has 0 unspecified atom stereocenters. The van der Waals surface area contributed by atoms with Crippen molar-refractivity contribution in [1.82, 2.24) is 9.97 Å². The second kappa shape index (κ2) is 3.20. The van der Waals surface area contributed by atoms with E-state index in [4.69, 9.17) is 5.73 Å². The molecule has 3 N–H and O–H groups in total. The van der Waals surface area contributed by atoms with Crippen molar-refractivity contribution in [2.75, 3.05) is 5.73 Å². The van der Waals surface area contributed by atoms with Crippen LogP contribution in [0, 0.1) is 0 Å². The van der Waals surface area contributed by atoms with E-state index in [-0.39, 0.29) is 5.41 Å². The Morgan fingerprint density at radius 1 is 1.41 bits per heavy atom. The van der Waals surface area contributed by atoms with Gasteiger partial charge in [-0.15, -0.1) is 0 Å². The summed E-state index contributed by atoms with van der Waals surface area (Å²) in [5.74, 6) is 0.540. The molecule has 2 heterocycles. The minimum Gasteiger partial charge on any atom is -0.499 e. The third-order valence-electron chi connectivity index (χ3n) is 3.20. The van der Waals surface area contributed by atoms with Gasteiger partial charge in [-0.3, -0.25) is 0 Å². The fourth-order valence-electron chi connectivity index (χ4n) is 2.55. The number of hydrogen-bond donors (Lipinski definition) is 2. The fraction of sp³-hybridized carbons (Fsp3) is 0.333. The third kappa shape index (κ3) is 1.42. The zero-order valence-corrected chi connectivity index (χ0v) is 10.5. The summed E-state index contributed by atoms with van der Waals surface area (Å²) in [6.45, 7) is 4.26. The molecular weight excluding hydrogens is 234 g/mol. The number of thiophene rings is 1. The van der Waals surface area contributed by atoms with Crippen LogP contribution in [-0.4, -0.2) is 15.1 Å².